The maximum absolute atomic E-state index is 8.56. The molecule has 0 N–H and O–H groups in total. The molecular weight excluding hydrogens is 270 g/mol. The van der Waals surface area contributed by atoms with Gasteiger partial charge < -0.3 is 14.4 Å². The zero-order valence-electron chi connectivity index (χ0n) is 20.0. The van der Waals surface area contributed by atoms with Gasteiger partial charge in [-0.05, 0) is 43.0 Å². The van der Waals surface area contributed by atoms with Gasteiger partial charge in [-0.25, -0.2) is 0 Å². The summed E-state index contributed by atoms with van der Waals surface area (Å²) in [6, 6.07) is 8.85. The SMILES string of the molecule is [2H]C([2H])([2H])N1C=CN(c2c(C)ccn2-c2ccccc2C([2H])(C)C([2H])([2H])[2H])[C@H]1C. The van der Waals surface area contributed by atoms with Crippen molar-refractivity contribution < 1.29 is 9.60 Å². The van der Waals surface area contributed by atoms with Crippen LogP contribution in [-0.4, -0.2) is 22.6 Å². The highest BCUT2D eigenvalue weighted by Gasteiger charge is 2.25. The predicted molar refractivity (Wildman–Crippen MR) is 93.4 cm³/mol. The molecule has 22 heavy (non-hydrogen) atoms. The minimum absolute atomic E-state index is 0.375. The van der Waals surface area contributed by atoms with E-state index in [1.165, 1.54) is 18.0 Å². The molecule has 2 atom stereocenters. The molecule has 0 bridgehead atoms. The number of para-hydroxylation sites is 1. The van der Waals surface area contributed by atoms with E-state index in [4.69, 9.17) is 9.60 Å². The highest BCUT2D eigenvalue weighted by atomic mass is 15.4. The van der Waals surface area contributed by atoms with Crippen molar-refractivity contribution in [3.8, 4) is 5.69 Å². The summed E-state index contributed by atoms with van der Waals surface area (Å²) < 4.78 is 57.0. The van der Waals surface area contributed by atoms with Gasteiger partial charge in [-0.2, -0.15) is 0 Å². The van der Waals surface area contributed by atoms with Gasteiger partial charge in [-0.3, -0.25) is 0 Å². The van der Waals surface area contributed by atoms with Crippen molar-refractivity contribution in [3.63, 3.8) is 0 Å². The Balaban J connectivity index is 2.13. The molecule has 3 nitrogen and oxygen atoms in total. The Bertz CT molecular complexity index is 925. The van der Waals surface area contributed by atoms with Crippen molar-refractivity contribution in [3.05, 3.63) is 60.1 Å². The van der Waals surface area contributed by atoms with E-state index in [1.807, 2.05) is 28.7 Å². The number of benzene rings is 1. The number of hydrogen-bond acceptors (Lipinski definition) is 2. The van der Waals surface area contributed by atoms with Crippen molar-refractivity contribution in [1.82, 2.24) is 9.47 Å². The molecule has 2 heterocycles. The van der Waals surface area contributed by atoms with Crippen LogP contribution in [0.3, 0.4) is 0 Å². The van der Waals surface area contributed by atoms with Gasteiger partial charge in [-0.15, -0.1) is 0 Å². The molecule has 1 aromatic carbocycles. The summed E-state index contributed by atoms with van der Waals surface area (Å²) >= 11 is 0. The summed E-state index contributed by atoms with van der Waals surface area (Å²) in [4.78, 5) is 3.14. The fourth-order valence-electron chi connectivity index (χ4n) is 2.82. The molecule has 0 fully saturated rings. The number of aryl methyl sites for hydroxylation is 1. The van der Waals surface area contributed by atoms with E-state index < -0.39 is 25.9 Å². The molecule has 0 amide bonds. The molecule has 3 heteroatoms. The first kappa shape index (κ1) is 8.47. The molecule has 0 saturated heterocycles. The minimum Gasteiger partial charge on any atom is -0.359 e. The third-order valence-corrected chi connectivity index (χ3v) is 4.06. The highest BCUT2D eigenvalue weighted by Crippen LogP contribution is 2.33. The Morgan fingerprint density at radius 2 is 2.05 bits per heavy atom. The summed E-state index contributed by atoms with van der Waals surface area (Å²) in [5.74, 6) is -1.08. The Hall–Kier alpha value is -2.16. The standard InChI is InChI=1S/C19H25N3/c1-14(2)17-8-6-7-9-18(17)22-11-10-15(3)19(22)21-13-12-20(5)16(21)4/h6-14,16H,1-5H3/t16-/m0/s1/i1D3,5D3,14D/t14?,16-. The zero-order chi connectivity index (χ0) is 21.8. The Morgan fingerprint density at radius 1 is 1.23 bits per heavy atom. The van der Waals surface area contributed by atoms with Crippen LogP contribution < -0.4 is 4.90 Å². The Labute approximate surface area is 143 Å². The second kappa shape index (κ2) is 5.56. The van der Waals surface area contributed by atoms with E-state index in [2.05, 4.69) is 0 Å². The lowest BCUT2D eigenvalue weighted by Gasteiger charge is -2.29. The molecule has 3 rings (SSSR count). The number of hydrogen-bond donors (Lipinski definition) is 0. The maximum Gasteiger partial charge on any atom is 0.121 e. The predicted octanol–water partition coefficient (Wildman–Crippen LogP) is 4.48. The van der Waals surface area contributed by atoms with Gasteiger partial charge in [0.1, 0.15) is 12.0 Å². The third kappa shape index (κ3) is 2.31. The van der Waals surface area contributed by atoms with Crippen LogP contribution in [0.15, 0.2) is 48.9 Å². The van der Waals surface area contributed by atoms with E-state index >= 15 is 0 Å². The average molecular weight is 302 g/mol. The van der Waals surface area contributed by atoms with E-state index in [-0.39, 0.29) is 0 Å². The summed E-state index contributed by atoms with van der Waals surface area (Å²) in [7, 11) is 0. The second-order valence-electron chi connectivity index (χ2n) is 5.58. The van der Waals surface area contributed by atoms with Crippen molar-refractivity contribution in [2.75, 3.05) is 11.9 Å². The highest BCUT2D eigenvalue weighted by molar-refractivity contribution is 5.60. The van der Waals surface area contributed by atoms with Crippen molar-refractivity contribution in [1.29, 1.82) is 0 Å². The largest absolute Gasteiger partial charge is 0.359 e. The number of aromatic nitrogens is 1. The van der Waals surface area contributed by atoms with Crippen LogP contribution in [0.2, 0.25) is 0 Å². The lowest BCUT2D eigenvalue weighted by atomic mass is 10.0. The molecule has 1 unspecified atom stereocenters. The maximum atomic E-state index is 8.56. The fraction of sp³-hybridized carbons (Fsp3) is 0.368. The van der Waals surface area contributed by atoms with Crippen LogP contribution in [0.1, 0.15) is 47.3 Å². The smallest absolute Gasteiger partial charge is 0.121 e. The van der Waals surface area contributed by atoms with Crippen LogP contribution in [-0.2, 0) is 0 Å². The first-order valence-electron chi connectivity index (χ1n) is 10.8. The van der Waals surface area contributed by atoms with Gasteiger partial charge in [0.2, 0.25) is 0 Å². The topological polar surface area (TPSA) is 11.4 Å². The molecule has 0 saturated carbocycles. The van der Waals surface area contributed by atoms with Crippen molar-refractivity contribution >= 4 is 5.82 Å². The average Bonchev–Trinajstić information content (AvgIpc) is 3.16. The summed E-state index contributed by atoms with van der Waals surface area (Å²) in [5.41, 5.74) is 1.86. The zero-order valence-corrected chi connectivity index (χ0v) is 13.0. The van der Waals surface area contributed by atoms with Gasteiger partial charge in [0.25, 0.3) is 0 Å². The van der Waals surface area contributed by atoms with Crippen molar-refractivity contribution in [2.24, 2.45) is 0 Å². The summed E-state index contributed by atoms with van der Waals surface area (Å²) in [6.45, 7) is 0.325. The van der Waals surface area contributed by atoms with E-state index in [9.17, 15) is 0 Å². The Morgan fingerprint density at radius 3 is 2.77 bits per heavy atom. The monoisotopic (exact) mass is 302 g/mol. The third-order valence-electron chi connectivity index (χ3n) is 4.06. The molecule has 1 aromatic heterocycles. The number of anilines is 1. The first-order chi connectivity index (χ1) is 13.3. The van der Waals surface area contributed by atoms with Gasteiger partial charge in [0.05, 0.1) is 5.69 Å². The minimum atomic E-state index is -2.51. The normalized spacial score (nSPS) is 26.3. The lowest BCUT2D eigenvalue weighted by Crippen LogP contribution is -2.34. The van der Waals surface area contributed by atoms with Crippen molar-refractivity contribution in [2.45, 2.75) is 39.7 Å². The Kier molecular flexibility index (Phi) is 2.14. The summed E-state index contributed by atoms with van der Waals surface area (Å²) in [5, 5.41) is 0. The van der Waals surface area contributed by atoms with E-state index in [1.54, 1.807) is 37.4 Å². The second-order valence-corrected chi connectivity index (χ2v) is 5.58. The summed E-state index contributed by atoms with van der Waals surface area (Å²) in [6.07, 6.45) is 4.61. The van der Waals surface area contributed by atoms with Crippen LogP contribution >= 0.6 is 0 Å². The van der Waals surface area contributed by atoms with E-state index in [0.29, 0.717) is 11.3 Å². The van der Waals surface area contributed by atoms with Gasteiger partial charge in [-0.1, -0.05) is 32.0 Å². The molecule has 2 aromatic rings. The molecule has 0 radical (unpaired) electrons. The molecule has 0 aliphatic carbocycles. The number of rotatable bonds is 3. The first-order valence-corrected chi connectivity index (χ1v) is 7.30. The van der Waals surface area contributed by atoms with Crippen LogP contribution in [0.25, 0.3) is 5.69 Å². The molecule has 116 valence electrons. The fourth-order valence-corrected chi connectivity index (χ4v) is 2.82. The quantitative estimate of drug-likeness (QED) is 0.828. The van der Waals surface area contributed by atoms with Gasteiger partial charge >= 0.3 is 0 Å². The molecular formula is C19H25N3. The van der Waals surface area contributed by atoms with Gasteiger partial charge in [0.15, 0.2) is 0 Å². The molecule has 0 spiro atoms. The molecule has 1 aliphatic rings. The molecule has 1 aliphatic heterocycles. The van der Waals surface area contributed by atoms with Crippen LogP contribution in [0, 0.1) is 6.92 Å². The van der Waals surface area contributed by atoms with Crippen LogP contribution in [0.4, 0.5) is 5.82 Å². The van der Waals surface area contributed by atoms with Crippen LogP contribution in [0.5, 0.6) is 0 Å². The lowest BCUT2D eigenvalue weighted by molar-refractivity contribution is 0.381. The van der Waals surface area contributed by atoms with Gasteiger partial charge in [0, 0.05) is 35.2 Å². The number of nitrogens with zero attached hydrogens (tertiary/aromatic N) is 3. The van der Waals surface area contributed by atoms with E-state index in [0.717, 1.165) is 11.4 Å².